The number of primary amides is 1. The molecule has 6 heteroatoms. The summed E-state index contributed by atoms with van der Waals surface area (Å²) in [4.78, 5) is 36.4. The molecule has 0 heterocycles. The van der Waals surface area contributed by atoms with Gasteiger partial charge in [0.15, 0.2) is 0 Å². The molecule has 1 amide bonds. The number of nitrogens with two attached hydrogens (primary N) is 1. The molecule has 0 spiro atoms. The summed E-state index contributed by atoms with van der Waals surface area (Å²) in [6, 6.07) is 23.5. The van der Waals surface area contributed by atoms with Crippen molar-refractivity contribution < 1.29 is 19.1 Å². The van der Waals surface area contributed by atoms with Gasteiger partial charge in [0.05, 0.1) is 5.56 Å². The molecule has 164 valence electrons. The summed E-state index contributed by atoms with van der Waals surface area (Å²) >= 11 is 0. The molecule has 0 aromatic heterocycles. The molecule has 0 unspecified atom stereocenters. The molecule has 3 rings (SSSR count). The quantitative estimate of drug-likeness (QED) is 0.398. The summed E-state index contributed by atoms with van der Waals surface area (Å²) in [5.41, 5.74) is 9.56. The first kappa shape index (κ1) is 22.9. The lowest BCUT2D eigenvalue weighted by atomic mass is 10.0. The Hall–Kier alpha value is -3.77. The lowest BCUT2D eigenvalue weighted by Gasteiger charge is -2.17. The molecule has 0 saturated heterocycles. The Morgan fingerprint density at radius 3 is 2.16 bits per heavy atom. The average Bonchev–Trinajstić information content (AvgIpc) is 2.80. The van der Waals surface area contributed by atoms with Crippen LogP contribution in [0, 0.1) is 6.92 Å². The van der Waals surface area contributed by atoms with Crippen molar-refractivity contribution in [1.29, 1.82) is 0 Å². The van der Waals surface area contributed by atoms with Gasteiger partial charge >= 0.3 is 11.9 Å². The van der Waals surface area contributed by atoms with E-state index < -0.39 is 23.9 Å². The van der Waals surface area contributed by atoms with Crippen molar-refractivity contribution in [2.45, 2.75) is 32.4 Å². The lowest BCUT2D eigenvalue weighted by molar-refractivity contribution is -0.140. The van der Waals surface area contributed by atoms with Gasteiger partial charge < -0.3 is 15.8 Å². The second kappa shape index (κ2) is 11.0. The van der Waals surface area contributed by atoms with Crippen LogP contribution in [-0.4, -0.2) is 23.9 Å². The monoisotopic (exact) mass is 430 g/mol. The highest BCUT2D eigenvalue weighted by atomic mass is 16.6. The van der Waals surface area contributed by atoms with Gasteiger partial charge in [-0.3, -0.25) is 4.79 Å². The van der Waals surface area contributed by atoms with E-state index in [0.717, 1.165) is 22.3 Å². The highest BCUT2D eigenvalue weighted by Crippen LogP contribution is 2.19. The first-order chi connectivity index (χ1) is 15.4. The predicted octanol–water partition coefficient (Wildman–Crippen LogP) is 3.77. The van der Waals surface area contributed by atoms with E-state index in [4.69, 9.17) is 10.5 Å². The zero-order valence-corrected chi connectivity index (χ0v) is 17.9. The molecule has 0 aliphatic heterocycles. The number of aryl methyl sites for hydroxylation is 1. The standard InChI is InChI=1S/C26H26N2O4/c1-18-7-5-6-10-22(18)17-28-23(15-16-24(27)29)26(31)32-25(30)21-13-11-20(12-14-21)19-8-3-2-4-9-19/h2-14,23,28H,15-17H2,1H3,(H2,27,29)/t23-/m0/s1. The van der Waals surface area contributed by atoms with Crippen molar-refractivity contribution in [3.05, 3.63) is 95.6 Å². The van der Waals surface area contributed by atoms with E-state index in [1.165, 1.54) is 0 Å². The van der Waals surface area contributed by atoms with Crippen LogP contribution in [0.4, 0.5) is 0 Å². The van der Waals surface area contributed by atoms with Crippen LogP contribution in [0.25, 0.3) is 11.1 Å². The molecular weight excluding hydrogens is 404 g/mol. The minimum absolute atomic E-state index is 0.000498. The normalized spacial score (nSPS) is 11.5. The lowest BCUT2D eigenvalue weighted by Crippen LogP contribution is -2.39. The smallest absolute Gasteiger partial charge is 0.345 e. The Balaban J connectivity index is 1.65. The molecule has 32 heavy (non-hydrogen) atoms. The van der Waals surface area contributed by atoms with Crippen LogP contribution in [0.15, 0.2) is 78.9 Å². The van der Waals surface area contributed by atoms with Crippen molar-refractivity contribution >= 4 is 17.8 Å². The fraction of sp³-hybridized carbons (Fsp3) is 0.192. The number of hydrogen-bond donors (Lipinski definition) is 2. The minimum Gasteiger partial charge on any atom is -0.388 e. The van der Waals surface area contributed by atoms with Gasteiger partial charge in [-0.15, -0.1) is 0 Å². The summed E-state index contributed by atoms with van der Waals surface area (Å²) < 4.78 is 5.10. The van der Waals surface area contributed by atoms with Gasteiger partial charge in [-0.05, 0) is 47.7 Å². The third-order valence-electron chi connectivity index (χ3n) is 5.19. The van der Waals surface area contributed by atoms with Gasteiger partial charge in [-0.1, -0.05) is 66.7 Å². The number of carbonyl (C=O) groups is 3. The van der Waals surface area contributed by atoms with E-state index in [9.17, 15) is 14.4 Å². The SMILES string of the molecule is Cc1ccccc1CN[C@@H](CCC(N)=O)C(=O)OC(=O)c1ccc(-c2ccccc2)cc1. The number of hydrogen-bond acceptors (Lipinski definition) is 5. The Labute approximate surface area is 187 Å². The van der Waals surface area contributed by atoms with Crippen LogP contribution < -0.4 is 11.1 Å². The van der Waals surface area contributed by atoms with Crippen LogP contribution in [-0.2, 0) is 20.9 Å². The maximum absolute atomic E-state index is 12.7. The Kier molecular flexibility index (Phi) is 7.89. The summed E-state index contributed by atoms with van der Waals surface area (Å²) in [7, 11) is 0. The molecule has 0 saturated carbocycles. The summed E-state index contributed by atoms with van der Waals surface area (Å²) in [5, 5.41) is 3.08. The molecule has 3 aromatic carbocycles. The Bertz CT molecular complexity index is 1080. The van der Waals surface area contributed by atoms with Crippen LogP contribution in [0.3, 0.4) is 0 Å². The van der Waals surface area contributed by atoms with Gasteiger partial charge in [-0.2, -0.15) is 0 Å². The number of rotatable bonds is 9. The minimum atomic E-state index is -0.838. The van der Waals surface area contributed by atoms with Crippen molar-refractivity contribution in [3.8, 4) is 11.1 Å². The third-order valence-corrected chi connectivity index (χ3v) is 5.19. The zero-order valence-electron chi connectivity index (χ0n) is 17.9. The third kappa shape index (κ3) is 6.36. The van der Waals surface area contributed by atoms with E-state index in [2.05, 4.69) is 5.32 Å². The molecule has 3 aromatic rings. The number of benzene rings is 3. The molecule has 6 nitrogen and oxygen atoms in total. The average molecular weight is 431 g/mol. The molecule has 0 aliphatic carbocycles. The van der Waals surface area contributed by atoms with Gasteiger partial charge in [0.2, 0.25) is 5.91 Å². The molecule has 1 atom stereocenters. The number of esters is 2. The van der Waals surface area contributed by atoms with Crippen LogP contribution in [0.1, 0.15) is 34.3 Å². The first-order valence-corrected chi connectivity index (χ1v) is 10.4. The zero-order chi connectivity index (χ0) is 22.9. The number of amides is 1. The highest BCUT2D eigenvalue weighted by molar-refractivity contribution is 5.98. The summed E-state index contributed by atoms with van der Waals surface area (Å²) in [5.74, 6) is -2.00. The second-order valence-electron chi connectivity index (χ2n) is 7.52. The number of nitrogens with one attached hydrogen (secondary N) is 1. The number of carbonyl (C=O) groups excluding carboxylic acids is 3. The highest BCUT2D eigenvalue weighted by Gasteiger charge is 2.24. The second-order valence-corrected chi connectivity index (χ2v) is 7.52. The van der Waals surface area contributed by atoms with Crippen LogP contribution in [0.5, 0.6) is 0 Å². The topological polar surface area (TPSA) is 98.5 Å². The Morgan fingerprint density at radius 2 is 1.50 bits per heavy atom. The fourth-order valence-corrected chi connectivity index (χ4v) is 3.28. The van der Waals surface area contributed by atoms with E-state index in [-0.39, 0.29) is 18.4 Å². The fourth-order valence-electron chi connectivity index (χ4n) is 3.28. The van der Waals surface area contributed by atoms with Crippen molar-refractivity contribution in [2.75, 3.05) is 0 Å². The van der Waals surface area contributed by atoms with E-state index >= 15 is 0 Å². The molecule has 3 N–H and O–H groups in total. The van der Waals surface area contributed by atoms with E-state index in [1.54, 1.807) is 24.3 Å². The maximum atomic E-state index is 12.7. The largest absolute Gasteiger partial charge is 0.388 e. The van der Waals surface area contributed by atoms with Crippen molar-refractivity contribution in [2.24, 2.45) is 5.73 Å². The van der Waals surface area contributed by atoms with Crippen LogP contribution in [0.2, 0.25) is 0 Å². The molecular formula is C26H26N2O4. The molecule has 0 radical (unpaired) electrons. The van der Waals surface area contributed by atoms with E-state index in [0.29, 0.717) is 6.54 Å². The van der Waals surface area contributed by atoms with Gasteiger partial charge in [-0.25, -0.2) is 9.59 Å². The summed E-state index contributed by atoms with van der Waals surface area (Å²) in [6.45, 7) is 2.36. The van der Waals surface area contributed by atoms with Crippen LogP contribution >= 0.6 is 0 Å². The molecule has 0 bridgehead atoms. The Morgan fingerprint density at radius 1 is 0.875 bits per heavy atom. The van der Waals surface area contributed by atoms with Gasteiger partial charge in [0, 0.05) is 13.0 Å². The maximum Gasteiger partial charge on any atom is 0.345 e. The summed E-state index contributed by atoms with van der Waals surface area (Å²) in [6.07, 6.45) is 0.140. The van der Waals surface area contributed by atoms with E-state index in [1.807, 2.05) is 61.5 Å². The molecule has 0 aliphatic rings. The van der Waals surface area contributed by atoms with Crippen molar-refractivity contribution in [1.82, 2.24) is 5.32 Å². The van der Waals surface area contributed by atoms with Crippen molar-refractivity contribution in [3.63, 3.8) is 0 Å². The van der Waals surface area contributed by atoms with Gasteiger partial charge in [0.1, 0.15) is 6.04 Å². The predicted molar refractivity (Wildman–Crippen MR) is 123 cm³/mol. The van der Waals surface area contributed by atoms with Gasteiger partial charge in [0.25, 0.3) is 0 Å². The molecule has 0 fully saturated rings. The number of ether oxygens (including phenoxy) is 1. The first-order valence-electron chi connectivity index (χ1n) is 10.4.